The van der Waals surface area contributed by atoms with Gasteiger partial charge in [-0.3, -0.25) is 4.18 Å². The lowest BCUT2D eigenvalue weighted by molar-refractivity contribution is 0.341. The van der Waals surface area contributed by atoms with Crippen molar-refractivity contribution in [2.45, 2.75) is 18.2 Å². The summed E-state index contributed by atoms with van der Waals surface area (Å²) in [7, 11) is -3.63. The summed E-state index contributed by atoms with van der Waals surface area (Å²) in [6.07, 6.45) is 0.982. The Morgan fingerprint density at radius 2 is 1.64 bits per heavy atom. The van der Waals surface area contributed by atoms with Crippen molar-refractivity contribution in [3.63, 3.8) is 0 Å². The Hall–Kier alpha value is -1.30. The van der Waals surface area contributed by atoms with Crippen LogP contribution >= 0.6 is 11.8 Å². The van der Waals surface area contributed by atoms with Crippen molar-refractivity contribution in [1.82, 2.24) is 0 Å². The van der Waals surface area contributed by atoms with E-state index in [1.807, 2.05) is 25.1 Å². The highest BCUT2D eigenvalue weighted by molar-refractivity contribution is 7.99. The van der Waals surface area contributed by atoms with Crippen LogP contribution in [0, 0.1) is 6.92 Å². The number of benzene rings is 2. The van der Waals surface area contributed by atoms with Gasteiger partial charge in [-0.2, -0.15) is 20.2 Å². The number of rotatable bonds is 8. The summed E-state index contributed by atoms with van der Waals surface area (Å²) in [6.45, 7) is 2.12. The van der Waals surface area contributed by atoms with Crippen molar-refractivity contribution in [2.75, 3.05) is 18.1 Å². The Kier molecular flexibility index (Phi) is 6.49. The monoisotopic (exact) mass is 336 g/mol. The molecular weight excluding hydrogens is 316 g/mol. The first-order valence-electron chi connectivity index (χ1n) is 7.16. The van der Waals surface area contributed by atoms with Crippen LogP contribution in [0.5, 0.6) is 0 Å². The fraction of sp³-hybridized carbons (Fsp3) is 0.294. The van der Waals surface area contributed by atoms with E-state index in [9.17, 15) is 8.42 Å². The van der Waals surface area contributed by atoms with Crippen LogP contribution in [0.25, 0.3) is 0 Å². The summed E-state index contributed by atoms with van der Waals surface area (Å²) in [4.78, 5) is 0.215. The van der Waals surface area contributed by atoms with Crippen LogP contribution in [0.15, 0.2) is 59.5 Å². The maximum atomic E-state index is 12.0. The van der Waals surface area contributed by atoms with Gasteiger partial charge in [-0.15, -0.1) is 0 Å². The third kappa shape index (κ3) is 5.48. The summed E-state index contributed by atoms with van der Waals surface area (Å²) < 4.78 is 29.0. The van der Waals surface area contributed by atoms with E-state index in [2.05, 4.69) is 12.1 Å². The minimum Gasteiger partial charge on any atom is -0.266 e. The zero-order valence-corrected chi connectivity index (χ0v) is 14.2. The SMILES string of the molecule is Cc1ccc(S(=O)(=O)OCCSCCc2ccccc2)cc1. The van der Waals surface area contributed by atoms with Crippen LogP contribution in [0.1, 0.15) is 11.1 Å². The summed E-state index contributed by atoms with van der Waals surface area (Å²) in [5, 5.41) is 0. The van der Waals surface area contributed by atoms with Gasteiger partial charge in [-0.05, 0) is 36.8 Å². The fourth-order valence-corrected chi connectivity index (χ4v) is 3.71. The topological polar surface area (TPSA) is 43.4 Å². The number of aryl methyl sites for hydroxylation is 2. The van der Waals surface area contributed by atoms with E-state index in [4.69, 9.17) is 4.18 Å². The van der Waals surface area contributed by atoms with Gasteiger partial charge in [0.1, 0.15) is 0 Å². The first kappa shape index (κ1) is 17.1. The molecular formula is C17H20O3S2. The second kappa shape index (κ2) is 8.36. The molecule has 0 atom stereocenters. The molecule has 5 heteroatoms. The standard InChI is InChI=1S/C17H20O3S2/c1-15-7-9-17(10-8-15)22(18,19)20-12-14-21-13-11-16-5-3-2-4-6-16/h2-10H,11-14H2,1H3. The van der Waals surface area contributed by atoms with E-state index in [0.717, 1.165) is 17.7 Å². The minimum atomic E-state index is -3.63. The number of hydrogen-bond donors (Lipinski definition) is 0. The van der Waals surface area contributed by atoms with Gasteiger partial charge in [0.25, 0.3) is 10.1 Å². The largest absolute Gasteiger partial charge is 0.296 e. The Balaban J connectivity index is 1.68. The maximum absolute atomic E-state index is 12.0. The van der Waals surface area contributed by atoms with Gasteiger partial charge >= 0.3 is 0 Å². The van der Waals surface area contributed by atoms with E-state index < -0.39 is 10.1 Å². The summed E-state index contributed by atoms with van der Waals surface area (Å²) in [5.74, 6) is 1.62. The Bertz CT molecular complexity index is 665. The van der Waals surface area contributed by atoms with Gasteiger partial charge in [0.2, 0.25) is 0 Å². The first-order valence-corrected chi connectivity index (χ1v) is 9.72. The van der Waals surface area contributed by atoms with Gasteiger partial charge in [-0.25, -0.2) is 0 Å². The third-order valence-electron chi connectivity index (χ3n) is 3.15. The van der Waals surface area contributed by atoms with Crippen LogP contribution in [0.2, 0.25) is 0 Å². The van der Waals surface area contributed by atoms with Gasteiger partial charge in [-0.1, -0.05) is 48.0 Å². The predicted octanol–water partition coefficient (Wildman–Crippen LogP) is 3.68. The van der Waals surface area contributed by atoms with Gasteiger partial charge in [0.15, 0.2) is 0 Å². The van der Waals surface area contributed by atoms with Crippen LogP contribution in [0.3, 0.4) is 0 Å². The molecule has 0 fully saturated rings. The highest BCUT2D eigenvalue weighted by Gasteiger charge is 2.14. The molecule has 0 aromatic heterocycles. The second-order valence-electron chi connectivity index (χ2n) is 4.94. The molecule has 0 bridgehead atoms. The predicted molar refractivity (Wildman–Crippen MR) is 91.8 cm³/mol. The molecule has 2 aromatic rings. The zero-order chi connectivity index (χ0) is 15.8. The van der Waals surface area contributed by atoms with E-state index in [1.54, 1.807) is 36.0 Å². The van der Waals surface area contributed by atoms with Crippen molar-refractivity contribution in [3.8, 4) is 0 Å². The van der Waals surface area contributed by atoms with E-state index >= 15 is 0 Å². The summed E-state index contributed by atoms with van der Waals surface area (Å²) >= 11 is 1.70. The van der Waals surface area contributed by atoms with Crippen LogP contribution in [0.4, 0.5) is 0 Å². The molecule has 22 heavy (non-hydrogen) atoms. The lowest BCUT2D eigenvalue weighted by Gasteiger charge is -2.06. The highest BCUT2D eigenvalue weighted by Crippen LogP contribution is 2.14. The van der Waals surface area contributed by atoms with E-state index in [0.29, 0.717) is 5.75 Å². The van der Waals surface area contributed by atoms with Crippen molar-refractivity contribution in [2.24, 2.45) is 0 Å². The Morgan fingerprint density at radius 3 is 2.32 bits per heavy atom. The number of hydrogen-bond acceptors (Lipinski definition) is 4. The molecule has 3 nitrogen and oxygen atoms in total. The summed E-state index contributed by atoms with van der Waals surface area (Å²) in [6, 6.07) is 16.9. The second-order valence-corrected chi connectivity index (χ2v) is 7.78. The normalized spacial score (nSPS) is 11.5. The summed E-state index contributed by atoms with van der Waals surface area (Å²) in [5.41, 5.74) is 2.32. The van der Waals surface area contributed by atoms with Crippen molar-refractivity contribution < 1.29 is 12.6 Å². The molecule has 0 spiro atoms. The van der Waals surface area contributed by atoms with Crippen molar-refractivity contribution in [1.29, 1.82) is 0 Å². The molecule has 0 saturated carbocycles. The molecule has 118 valence electrons. The molecule has 0 N–H and O–H groups in total. The molecule has 0 aliphatic heterocycles. The minimum absolute atomic E-state index is 0.204. The average molecular weight is 336 g/mol. The Morgan fingerprint density at radius 1 is 0.955 bits per heavy atom. The molecule has 0 radical (unpaired) electrons. The smallest absolute Gasteiger partial charge is 0.266 e. The average Bonchev–Trinajstić information content (AvgIpc) is 2.52. The van der Waals surface area contributed by atoms with Crippen molar-refractivity contribution in [3.05, 3.63) is 65.7 Å². The molecule has 0 aliphatic carbocycles. The van der Waals surface area contributed by atoms with Crippen molar-refractivity contribution >= 4 is 21.9 Å². The fourth-order valence-electron chi connectivity index (χ4n) is 1.91. The quantitative estimate of drug-likeness (QED) is 0.545. The van der Waals surface area contributed by atoms with Crippen LogP contribution < -0.4 is 0 Å². The molecule has 2 aromatic carbocycles. The number of thioether (sulfide) groups is 1. The van der Waals surface area contributed by atoms with Gasteiger partial charge in [0.05, 0.1) is 11.5 Å². The van der Waals surface area contributed by atoms with Crippen LogP contribution in [-0.2, 0) is 20.7 Å². The Labute approximate surface area is 136 Å². The van der Waals surface area contributed by atoms with Gasteiger partial charge in [0, 0.05) is 5.75 Å². The molecule has 0 saturated heterocycles. The molecule has 0 heterocycles. The maximum Gasteiger partial charge on any atom is 0.296 e. The zero-order valence-electron chi connectivity index (χ0n) is 12.6. The van der Waals surface area contributed by atoms with E-state index in [-0.39, 0.29) is 11.5 Å². The van der Waals surface area contributed by atoms with Crippen LogP contribution in [-0.4, -0.2) is 26.5 Å². The molecule has 0 amide bonds. The lowest BCUT2D eigenvalue weighted by Crippen LogP contribution is -2.09. The highest BCUT2D eigenvalue weighted by atomic mass is 32.2. The molecule has 2 rings (SSSR count). The third-order valence-corrected chi connectivity index (χ3v) is 5.43. The lowest BCUT2D eigenvalue weighted by atomic mass is 10.2. The van der Waals surface area contributed by atoms with E-state index in [1.165, 1.54) is 5.56 Å². The van der Waals surface area contributed by atoms with Gasteiger partial charge < -0.3 is 0 Å². The molecule has 0 aliphatic rings. The molecule has 0 unspecified atom stereocenters. The first-order chi connectivity index (χ1) is 10.6.